The Hall–Kier alpha value is -0.930. The van der Waals surface area contributed by atoms with Crippen molar-refractivity contribution in [3.8, 4) is 0 Å². The van der Waals surface area contributed by atoms with E-state index in [0.717, 1.165) is 26.2 Å². The fourth-order valence-electron chi connectivity index (χ4n) is 3.59. The maximum atomic E-state index is 12.9. The standard InChI is InChI=1S/C16H23FN2/c17-15-6-4-14(5-7-15)12-19-11-10-18-16(13-19)8-2-1-3-9-16/h4-7,18H,1-3,8-13H2. The number of rotatable bonds is 2. The Balaban J connectivity index is 1.63. The maximum absolute atomic E-state index is 12.9. The molecule has 0 unspecified atom stereocenters. The lowest BCUT2D eigenvalue weighted by atomic mass is 9.80. The van der Waals surface area contributed by atoms with E-state index in [1.165, 1.54) is 37.7 Å². The molecule has 1 aromatic rings. The summed E-state index contributed by atoms with van der Waals surface area (Å²) in [5, 5.41) is 3.76. The third-order valence-corrected chi connectivity index (χ3v) is 4.58. The molecule has 0 bridgehead atoms. The summed E-state index contributed by atoms with van der Waals surface area (Å²) >= 11 is 0. The van der Waals surface area contributed by atoms with Gasteiger partial charge in [0.2, 0.25) is 0 Å². The van der Waals surface area contributed by atoms with Gasteiger partial charge in [0.25, 0.3) is 0 Å². The molecule has 2 aliphatic rings. The van der Waals surface area contributed by atoms with Crippen molar-refractivity contribution in [2.75, 3.05) is 19.6 Å². The van der Waals surface area contributed by atoms with E-state index in [9.17, 15) is 4.39 Å². The second kappa shape index (κ2) is 5.59. The normalized spacial score (nSPS) is 23.6. The van der Waals surface area contributed by atoms with Crippen LogP contribution in [0.4, 0.5) is 4.39 Å². The van der Waals surface area contributed by atoms with Gasteiger partial charge < -0.3 is 5.32 Å². The Bertz CT molecular complexity index is 404. The molecule has 1 aromatic carbocycles. The van der Waals surface area contributed by atoms with Crippen LogP contribution in [-0.4, -0.2) is 30.1 Å². The molecule has 19 heavy (non-hydrogen) atoms. The molecule has 1 heterocycles. The first-order valence-electron chi connectivity index (χ1n) is 7.48. The zero-order chi connectivity index (χ0) is 13.1. The molecule has 1 N–H and O–H groups in total. The summed E-state index contributed by atoms with van der Waals surface area (Å²) in [4.78, 5) is 2.52. The van der Waals surface area contributed by atoms with Crippen molar-refractivity contribution >= 4 is 0 Å². The van der Waals surface area contributed by atoms with Crippen molar-refractivity contribution in [3.05, 3.63) is 35.6 Å². The zero-order valence-electron chi connectivity index (χ0n) is 11.5. The molecular weight excluding hydrogens is 239 g/mol. The Kier molecular flexibility index (Phi) is 3.85. The Morgan fingerprint density at radius 1 is 1.11 bits per heavy atom. The van der Waals surface area contributed by atoms with Crippen LogP contribution in [0.1, 0.15) is 37.7 Å². The quantitative estimate of drug-likeness (QED) is 0.881. The fraction of sp³-hybridized carbons (Fsp3) is 0.625. The van der Waals surface area contributed by atoms with Crippen molar-refractivity contribution in [2.24, 2.45) is 0 Å². The van der Waals surface area contributed by atoms with Crippen LogP contribution in [0.3, 0.4) is 0 Å². The third kappa shape index (κ3) is 3.15. The lowest BCUT2D eigenvalue weighted by molar-refractivity contribution is 0.0945. The van der Waals surface area contributed by atoms with Gasteiger partial charge >= 0.3 is 0 Å². The van der Waals surface area contributed by atoms with E-state index in [0.29, 0.717) is 5.54 Å². The zero-order valence-corrected chi connectivity index (χ0v) is 11.5. The molecule has 1 aliphatic heterocycles. The number of halogens is 1. The van der Waals surface area contributed by atoms with Crippen molar-refractivity contribution in [2.45, 2.75) is 44.2 Å². The van der Waals surface area contributed by atoms with Gasteiger partial charge in [-0.25, -0.2) is 4.39 Å². The van der Waals surface area contributed by atoms with Crippen LogP contribution < -0.4 is 5.32 Å². The molecule has 104 valence electrons. The molecule has 0 radical (unpaired) electrons. The lowest BCUT2D eigenvalue weighted by Gasteiger charge is -2.46. The minimum atomic E-state index is -0.146. The summed E-state index contributed by atoms with van der Waals surface area (Å²) in [6.07, 6.45) is 6.73. The summed E-state index contributed by atoms with van der Waals surface area (Å²) in [7, 11) is 0. The SMILES string of the molecule is Fc1ccc(CN2CCNC3(CCCCC3)C2)cc1. The van der Waals surface area contributed by atoms with E-state index >= 15 is 0 Å². The van der Waals surface area contributed by atoms with Crippen LogP contribution in [0.5, 0.6) is 0 Å². The van der Waals surface area contributed by atoms with Gasteiger partial charge in [0.1, 0.15) is 5.82 Å². The molecule has 1 aliphatic carbocycles. The van der Waals surface area contributed by atoms with Gasteiger partial charge in [-0.3, -0.25) is 4.90 Å². The first-order chi connectivity index (χ1) is 9.26. The van der Waals surface area contributed by atoms with E-state index in [-0.39, 0.29) is 5.82 Å². The minimum Gasteiger partial charge on any atom is -0.309 e. The average molecular weight is 262 g/mol. The monoisotopic (exact) mass is 262 g/mol. The number of hydrogen-bond acceptors (Lipinski definition) is 2. The summed E-state index contributed by atoms with van der Waals surface area (Å²) < 4.78 is 12.9. The van der Waals surface area contributed by atoms with Crippen molar-refractivity contribution < 1.29 is 4.39 Å². The van der Waals surface area contributed by atoms with E-state index < -0.39 is 0 Å². The molecule has 0 amide bonds. The number of nitrogens with zero attached hydrogens (tertiary/aromatic N) is 1. The van der Waals surface area contributed by atoms with Gasteiger partial charge in [-0.1, -0.05) is 31.4 Å². The van der Waals surface area contributed by atoms with Crippen molar-refractivity contribution in [1.29, 1.82) is 0 Å². The predicted molar refractivity (Wildman–Crippen MR) is 75.5 cm³/mol. The fourth-order valence-corrected chi connectivity index (χ4v) is 3.59. The Morgan fingerprint density at radius 3 is 2.58 bits per heavy atom. The van der Waals surface area contributed by atoms with Crippen LogP contribution in [0.2, 0.25) is 0 Å². The predicted octanol–water partition coefficient (Wildman–Crippen LogP) is 2.93. The van der Waals surface area contributed by atoms with E-state index in [1.54, 1.807) is 12.1 Å². The van der Waals surface area contributed by atoms with Crippen LogP contribution in [0.25, 0.3) is 0 Å². The minimum absolute atomic E-state index is 0.146. The van der Waals surface area contributed by atoms with E-state index in [1.807, 2.05) is 12.1 Å². The smallest absolute Gasteiger partial charge is 0.123 e. The van der Waals surface area contributed by atoms with Crippen LogP contribution in [0, 0.1) is 5.82 Å². The molecule has 1 saturated heterocycles. The maximum Gasteiger partial charge on any atom is 0.123 e. The largest absolute Gasteiger partial charge is 0.309 e. The van der Waals surface area contributed by atoms with Crippen molar-refractivity contribution in [1.82, 2.24) is 10.2 Å². The summed E-state index contributed by atoms with van der Waals surface area (Å²) in [6, 6.07) is 6.94. The van der Waals surface area contributed by atoms with Gasteiger partial charge in [0.15, 0.2) is 0 Å². The van der Waals surface area contributed by atoms with Gasteiger partial charge in [-0.2, -0.15) is 0 Å². The summed E-state index contributed by atoms with van der Waals surface area (Å²) in [5.41, 5.74) is 1.57. The highest BCUT2D eigenvalue weighted by Gasteiger charge is 2.35. The van der Waals surface area contributed by atoms with Gasteiger partial charge in [0, 0.05) is 31.7 Å². The molecular formula is C16H23FN2. The highest BCUT2D eigenvalue weighted by molar-refractivity contribution is 5.16. The number of nitrogens with one attached hydrogen (secondary N) is 1. The molecule has 1 saturated carbocycles. The van der Waals surface area contributed by atoms with E-state index in [2.05, 4.69) is 10.2 Å². The Labute approximate surface area is 115 Å². The van der Waals surface area contributed by atoms with Gasteiger partial charge in [-0.15, -0.1) is 0 Å². The van der Waals surface area contributed by atoms with Crippen LogP contribution >= 0.6 is 0 Å². The highest BCUT2D eigenvalue weighted by atomic mass is 19.1. The molecule has 3 heteroatoms. The van der Waals surface area contributed by atoms with E-state index in [4.69, 9.17) is 0 Å². The molecule has 3 rings (SSSR count). The van der Waals surface area contributed by atoms with Crippen LogP contribution in [0.15, 0.2) is 24.3 Å². The first-order valence-corrected chi connectivity index (χ1v) is 7.48. The number of benzene rings is 1. The second-order valence-electron chi connectivity index (χ2n) is 6.10. The lowest BCUT2D eigenvalue weighted by Crippen LogP contribution is -2.60. The second-order valence-corrected chi connectivity index (χ2v) is 6.10. The van der Waals surface area contributed by atoms with Gasteiger partial charge in [0.05, 0.1) is 0 Å². The highest BCUT2D eigenvalue weighted by Crippen LogP contribution is 2.30. The first kappa shape index (κ1) is 13.1. The summed E-state index contributed by atoms with van der Waals surface area (Å²) in [6.45, 7) is 4.27. The Morgan fingerprint density at radius 2 is 1.84 bits per heavy atom. The number of piperazine rings is 1. The van der Waals surface area contributed by atoms with Crippen molar-refractivity contribution in [3.63, 3.8) is 0 Å². The summed E-state index contributed by atoms with van der Waals surface area (Å²) in [5.74, 6) is -0.146. The van der Waals surface area contributed by atoms with Crippen LogP contribution in [-0.2, 0) is 6.54 Å². The van der Waals surface area contributed by atoms with Gasteiger partial charge in [-0.05, 0) is 30.5 Å². The molecule has 0 aromatic heterocycles. The molecule has 0 atom stereocenters. The topological polar surface area (TPSA) is 15.3 Å². The average Bonchev–Trinajstić information content (AvgIpc) is 2.42. The molecule has 2 fully saturated rings. The molecule has 1 spiro atoms. The third-order valence-electron chi connectivity index (χ3n) is 4.58. The molecule has 2 nitrogen and oxygen atoms in total. The number of hydrogen-bond donors (Lipinski definition) is 1.